The van der Waals surface area contributed by atoms with Gasteiger partial charge in [-0.2, -0.15) is 0 Å². The fraction of sp³-hybridized carbons (Fsp3) is 0.344. The molecule has 0 spiro atoms. The maximum atomic E-state index is 15.1. The van der Waals surface area contributed by atoms with Crippen LogP contribution in [0.15, 0.2) is 41.2 Å². The number of esters is 1. The van der Waals surface area contributed by atoms with E-state index in [4.69, 9.17) is 9.72 Å². The number of aryl methyl sites for hydroxylation is 1. The van der Waals surface area contributed by atoms with Crippen molar-refractivity contribution in [1.29, 1.82) is 0 Å². The van der Waals surface area contributed by atoms with Crippen molar-refractivity contribution in [3.05, 3.63) is 97.1 Å². The number of aliphatic hydroxyl groups excluding tert-OH is 1. The van der Waals surface area contributed by atoms with E-state index in [1.165, 1.54) is 6.07 Å². The van der Waals surface area contributed by atoms with Crippen molar-refractivity contribution in [3.63, 3.8) is 0 Å². The highest BCUT2D eigenvalue weighted by Crippen LogP contribution is 2.46. The molecular formula is C32H30FN3O5. The summed E-state index contributed by atoms with van der Waals surface area (Å²) < 4.78 is 21.9. The number of nitrogens with zero attached hydrogens (tertiary/aromatic N) is 2. The van der Waals surface area contributed by atoms with Gasteiger partial charge in [0.15, 0.2) is 5.60 Å². The van der Waals surface area contributed by atoms with E-state index in [0.29, 0.717) is 35.4 Å². The van der Waals surface area contributed by atoms with Crippen LogP contribution in [-0.2, 0) is 47.9 Å². The molecule has 2 aromatic heterocycles. The van der Waals surface area contributed by atoms with Gasteiger partial charge < -0.3 is 24.8 Å². The van der Waals surface area contributed by atoms with Gasteiger partial charge in [0, 0.05) is 35.2 Å². The fourth-order valence-electron chi connectivity index (χ4n) is 6.88. The molecule has 0 bridgehead atoms. The highest BCUT2D eigenvalue weighted by atomic mass is 19.1. The van der Waals surface area contributed by atoms with Crippen LogP contribution in [0.2, 0.25) is 0 Å². The lowest BCUT2D eigenvalue weighted by Gasteiger charge is -2.31. The molecule has 3 N–H and O–H groups in total. The Bertz CT molecular complexity index is 1850. The highest BCUT2D eigenvalue weighted by molar-refractivity contribution is 5.93. The van der Waals surface area contributed by atoms with Gasteiger partial charge in [-0.15, -0.1) is 0 Å². The number of benzene rings is 2. The molecule has 3 aliphatic rings. The van der Waals surface area contributed by atoms with Crippen LogP contribution in [0.1, 0.15) is 70.3 Å². The van der Waals surface area contributed by atoms with Crippen LogP contribution >= 0.6 is 0 Å². The molecule has 2 aliphatic heterocycles. The van der Waals surface area contributed by atoms with Gasteiger partial charge in [0.25, 0.3) is 5.56 Å². The van der Waals surface area contributed by atoms with Crippen LogP contribution in [0.3, 0.4) is 0 Å². The summed E-state index contributed by atoms with van der Waals surface area (Å²) >= 11 is 0. The molecule has 0 saturated heterocycles. The van der Waals surface area contributed by atoms with E-state index in [0.717, 1.165) is 39.6 Å². The molecule has 1 aliphatic carbocycles. The van der Waals surface area contributed by atoms with E-state index in [2.05, 4.69) is 5.32 Å². The summed E-state index contributed by atoms with van der Waals surface area (Å²) in [6.07, 6.45) is 1.46. The minimum Gasteiger partial charge on any atom is -0.458 e. The van der Waals surface area contributed by atoms with Gasteiger partial charge in [0.2, 0.25) is 0 Å². The largest absolute Gasteiger partial charge is 0.458 e. The number of cyclic esters (lactones) is 1. The number of aromatic nitrogens is 2. The van der Waals surface area contributed by atoms with Crippen LogP contribution in [0, 0.1) is 12.7 Å². The highest BCUT2D eigenvalue weighted by Gasteiger charge is 2.46. The molecule has 8 nitrogen and oxygen atoms in total. The molecular weight excluding hydrogens is 525 g/mol. The number of aliphatic hydroxyl groups is 2. The Hall–Kier alpha value is -3.92. The smallest absolute Gasteiger partial charge is 0.343 e. The molecule has 0 fully saturated rings. The predicted molar refractivity (Wildman–Crippen MR) is 149 cm³/mol. The first kappa shape index (κ1) is 26.0. The van der Waals surface area contributed by atoms with Crippen LogP contribution in [0.4, 0.5) is 4.39 Å². The Morgan fingerprint density at radius 2 is 1.95 bits per heavy atom. The van der Waals surface area contributed by atoms with E-state index < -0.39 is 11.6 Å². The topological polar surface area (TPSA) is 114 Å². The van der Waals surface area contributed by atoms with Gasteiger partial charge >= 0.3 is 5.97 Å². The number of carbonyl (C=O) groups is 1. The van der Waals surface area contributed by atoms with Crippen LogP contribution in [0.25, 0.3) is 22.3 Å². The SMILES string of the molecule is CC[C@@]1(O)C(=O)OCc2c1cc1n(c2=O)Cc2c-1nc1cc(F)c(C)c3c1c2[C@@H](NCc1ccccc1CO)CC3. The lowest BCUT2D eigenvalue weighted by Crippen LogP contribution is -2.44. The minimum atomic E-state index is -1.92. The van der Waals surface area contributed by atoms with Crippen molar-refractivity contribution in [2.45, 2.75) is 71.1 Å². The van der Waals surface area contributed by atoms with Gasteiger partial charge in [-0.3, -0.25) is 4.79 Å². The Kier molecular flexibility index (Phi) is 5.90. The molecule has 0 unspecified atom stereocenters. The number of ether oxygens (including phenoxy) is 1. The molecule has 2 aromatic carbocycles. The number of carbonyl (C=O) groups excluding carboxylic acids is 1. The van der Waals surface area contributed by atoms with Crippen molar-refractivity contribution in [2.75, 3.05) is 0 Å². The van der Waals surface area contributed by atoms with Gasteiger partial charge in [-0.1, -0.05) is 31.2 Å². The van der Waals surface area contributed by atoms with Gasteiger partial charge in [-0.25, -0.2) is 14.2 Å². The summed E-state index contributed by atoms with van der Waals surface area (Å²) in [4.78, 5) is 31.2. The van der Waals surface area contributed by atoms with Crippen LogP contribution < -0.4 is 10.9 Å². The monoisotopic (exact) mass is 555 g/mol. The lowest BCUT2D eigenvalue weighted by molar-refractivity contribution is -0.172. The average Bonchev–Trinajstić information content (AvgIpc) is 3.36. The summed E-state index contributed by atoms with van der Waals surface area (Å²) in [6.45, 7) is 4.01. The van der Waals surface area contributed by atoms with Gasteiger partial charge in [0.05, 0.1) is 35.6 Å². The quantitative estimate of drug-likeness (QED) is 0.283. The number of hydrogen-bond acceptors (Lipinski definition) is 7. The predicted octanol–water partition coefficient (Wildman–Crippen LogP) is 3.80. The summed E-state index contributed by atoms with van der Waals surface area (Å²) in [5, 5.41) is 25.6. The maximum absolute atomic E-state index is 15.1. The van der Waals surface area contributed by atoms with Crippen molar-refractivity contribution in [1.82, 2.24) is 14.9 Å². The third-order valence-electron chi connectivity index (χ3n) is 9.21. The molecule has 41 heavy (non-hydrogen) atoms. The molecule has 4 aromatic rings. The van der Waals surface area contributed by atoms with E-state index in [1.807, 2.05) is 24.3 Å². The standard InChI is InChI=1S/C32H30FN3O5/c1-3-32(40)22-10-26-29-20(13-36(26)30(38)21(22)15-41-31(32)39)28-24(34-12-17-6-4-5-7-18(17)14-37)9-8-19-16(2)23(33)11-25(35-29)27(19)28/h4-7,10-11,24,34,37,40H,3,8-9,12-15H2,1-2H3/t24-,32-/m0/s1. The van der Waals surface area contributed by atoms with E-state index >= 15 is 4.39 Å². The molecule has 210 valence electrons. The molecule has 0 saturated carbocycles. The van der Waals surface area contributed by atoms with Crippen molar-refractivity contribution in [2.24, 2.45) is 0 Å². The number of pyridine rings is 2. The van der Waals surface area contributed by atoms with Crippen LogP contribution in [0.5, 0.6) is 0 Å². The summed E-state index contributed by atoms with van der Waals surface area (Å²) in [6, 6.07) is 10.8. The number of nitrogens with one attached hydrogen (secondary N) is 1. The average molecular weight is 556 g/mol. The number of rotatable bonds is 5. The van der Waals surface area contributed by atoms with Gasteiger partial charge in [0.1, 0.15) is 12.4 Å². The maximum Gasteiger partial charge on any atom is 0.343 e. The zero-order chi connectivity index (χ0) is 28.6. The molecule has 7 rings (SSSR count). The lowest BCUT2D eigenvalue weighted by atomic mass is 9.81. The Balaban J connectivity index is 1.43. The summed E-state index contributed by atoms with van der Waals surface area (Å²) in [7, 11) is 0. The van der Waals surface area contributed by atoms with E-state index in [9.17, 15) is 19.8 Å². The van der Waals surface area contributed by atoms with E-state index in [-0.39, 0.29) is 54.7 Å². The second-order valence-corrected chi connectivity index (χ2v) is 11.2. The first-order valence-corrected chi connectivity index (χ1v) is 14.0. The fourth-order valence-corrected chi connectivity index (χ4v) is 6.88. The van der Waals surface area contributed by atoms with Gasteiger partial charge in [-0.05, 0) is 60.1 Å². The van der Waals surface area contributed by atoms with Crippen molar-refractivity contribution in [3.8, 4) is 11.4 Å². The first-order valence-electron chi connectivity index (χ1n) is 14.0. The third kappa shape index (κ3) is 3.65. The van der Waals surface area contributed by atoms with E-state index in [1.54, 1.807) is 24.5 Å². The first-order chi connectivity index (χ1) is 19.8. The number of fused-ring (bicyclic) bond motifs is 5. The Labute approximate surface area is 235 Å². The molecule has 2 atom stereocenters. The third-order valence-corrected chi connectivity index (χ3v) is 9.21. The number of hydrogen-bond donors (Lipinski definition) is 3. The second-order valence-electron chi connectivity index (χ2n) is 11.2. The Morgan fingerprint density at radius 3 is 2.71 bits per heavy atom. The minimum absolute atomic E-state index is 0.0557. The number of halogens is 1. The molecule has 0 amide bonds. The van der Waals surface area contributed by atoms with Crippen LogP contribution in [-0.4, -0.2) is 25.7 Å². The normalized spacial score (nSPS) is 20.5. The zero-order valence-electron chi connectivity index (χ0n) is 22.9. The molecule has 0 radical (unpaired) electrons. The second kappa shape index (κ2) is 9.30. The zero-order valence-corrected chi connectivity index (χ0v) is 22.9. The summed E-state index contributed by atoms with van der Waals surface area (Å²) in [5.41, 5.74) is 5.10. The summed E-state index contributed by atoms with van der Waals surface area (Å²) in [5.74, 6) is -1.09. The molecule has 9 heteroatoms. The van der Waals surface area contributed by atoms with Crippen molar-refractivity contribution < 1.29 is 24.1 Å². The van der Waals surface area contributed by atoms with Crippen molar-refractivity contribution >= 4 is 16.9 Å². The molecule has 4 heterocycles. The Morgan fingerprint density at radius 1 is 1.17 bits per heavy atom.